The predicted octanol–water partition coefficient (Wildman–Crippen LogP) is 4.87. The maximum Gasteiger partial charge on any atom is 0.306 e. The fourth-order valence-corrected chi connectivity index (χ4v) is 4.88. The Labute approximate surface area is 224 Å². The molecule has 0 saturated heterocycles. The highest BCUT2D eigenvalue weighted by Crippen LogP contribution is 2.38. The van der Waals surface area contributed by atoms with Crippen molar-refractivity contribution >= 4 is 27.8 Å². The molecule has 0 unspecified atom stereocenters. The lowest BCUT2D eigenvalue weighted by Crippen LogP contribution is -2.25. The second-order valence-corrected chi connectivity index (χ2v) is 10.2. The van der Waals surface area contributed by atoms with Gasteiger partial charge in [-0.3, -0.25) is 9.59 Å². The molecule has 1 aromatic carbocycles. The molecule has 0 radical (unpaired) electrons. The average molecular weight is 565 g/mol. The summed E-state index contributed by atoms with van der Waals surface area (Å²) in [4.78, 5) is 23.9. The van der Waals surface area contributed by atoms with Gasteiger partial charge in [0.2, 0.25) is 5.91 Å². The first-order chi connectivity index (χ1) is 17.4. The summed E-state index contributed by atoms with van der Waals surface area (Å²) in [6, 6.07) is 10.0. The van der Waals surface area contributed by atoms with Crippen molar-refractivity contribution in [1.82, 2.24) is 5.32 Å². The number of allylic oxidation sites excluding steroid dienone is 2. The Balaban J connectivity index is 1.96. The highest BCUT2D eigenvalue weighted by molar-refractivity contribution is 9.09. The SMILES string of the molecule is CCNC(=O)CCCC=CC[C@@H]1[C@@H](C=C[C@@H](O)CCc2ccccc2)[C@H](OC(=O)CCCBr)C[C@@H]1O. The van der Waals surface area contributed by atoms with Gasteiger partial charge in [0.1, 0.15) is 6.10 Å². The molecule has 1 aliphatic rings. The molecule has 1 aliphatic carbocycles. The summed E-state index contributed by atoms with van der Waals surface area (Å²) in [5.41, 5.74) is 1.18. The number of nitrogens with one attached hydrogen (secondary N) is 1. The third-order valence-electron chi connectivity index (χ3n) is 6.54. The Morgan fingerprint density at radius 2 is 1.97 bits per heavy atom. The number of halogens is 1. The van der Waals surface area contributed by atoms with E-state index in [1.165, 1.54) is 5.56 Å². The number of ether oxygens (including phenoxy) is 1. The number of amides is 1. The summed E-state index contributed by atoms with van der Waals surface area (Å²) in [5, 5.41) is 24.9. The summed E-state index contributed by atoms with van der Waals surface area (Å²) < 4.78 is 5.76. The first-order valence-electron chi connectivity index (χ1n) is 13.2. The number of alkyl halides is 1. The van der Waals surface area contributed by atoms with Gasteiger partial charge in [-0.05, 0) is 56.9 Å². The third-order valence-corrected chi connectivity index (χ3v) is 7.10. The highest BCUT2D eigenvalue weighted by atomic mass is 79.9. The molecular formula is C29H42BrNO5. The van der Waals surface area contributed by atoms with Crippen molar-refractivity contribution in [2.75, 3.05) is 11.9 Å². The predicted molar refractivity (Wildman–Crippen MR) is 147 cm³/mol. The van der Waals surface area contributed by atoms with Crippen LogP contribution in [0.3, 0.4) is 0 Å². The van der Waals surface area contributed by atoms with Crippen molar-refractivity contribution in [3.8, 4) is 0 Å². The molecule has 1 amide bonds. The van der Waals surface area contributed by atoms with Crippen LogP contribution in [-0.2, 0) is 20.7 Å². The van der Waals surface area contributed by atoms with Gasteiger partial charge in [-0.25, -0.2) is 0 Å². The number of aliphatic hydroxyl groups excluding tert-OH is 2. The van der Waals surface area contributed by atoms with Crippen molar-refractivity contribution < 1.29 is 24.5 Å². The zero-order valence-corrected chi connectivity index (χ0v) is 22.9. The number of aliphatic hydroxyl groups is 2. The molecule has 0 spiro atoms. The van der Waals surface area contributed by atoms with Gasteiger partial charge in [0.05, 0.1) is 12.2 Å². The molecule has 6 nitrogen and oxygen atoms in total. The average Bonchev–Trinajstić information content (AvgIpc) is 3.16. The Bertz CT molecular complexity index is 828. The normalized spacial score (nSPS) is 22.8. The van der Waals surface area contributed by atoms with E-state index in [1.54, 1.807) is 6.08 Å². The second kappa shape index (κ2) is 17.5. The molecule has 0 aromatic heterocycles. The van der Waals surface area contributed by atoms with Gasteiger partial charge in [-0.15, -0.1) is 0 Å². The largest absolute Gasteiger partial charge is 0.462 e. The molecule has 7 heteroatoms. The van der Waals surface area contributed by atoms with Crippen molar-refractivity contribution in [1.29, 1.82) is 0 Å². The quantitative estimate of drug-likeness (QED) is 0.115. The Hall–Kier alpha value is -1.96. The first-order valence-corrected chi connectivity index (χ1v) is 14.3. The Kier molecular flexibility index (Phi) is 14.7. The van der Waals surface area contributed by atoms with Crippen LogP contribution >= 0.6 is 15.9 Å². The number of esters is 1. The van der Waals surface area contributed by atoms with Crippen molar-refractivity contribution in [3.63, 3.8) is 0 Å². The van der Waals surface area contributed by atoms with E-state index in [2.05, 4.69) is 27.3 Å². The molecular weight excluding hydrogens is 522 g/mol. The summed E-state index contributed by atoms with van der Waals surface area (Å²) in [6.07, 6.45) is 11.7. The maximum atomic E-state index is 12.3. The molecule has 1 fully saturated rings. The van der Waals surface area contributed by atoms with Crippen LogP contribution in [0.1, 0.15) is 63.9 Å². The number of aryl methyl sites for hydroxylation is 1. The molecule has 2 rings (SSSR count). The van der Waals surface area contributed by atoms with Crippen LogP contribution in [0.4, 0.5) is 0 Å². The lowest BCUT2D eigenvalue weighted by atomic mass is 9.89. The number of hydrogen-bond acceptors (Lipinski definition) is 5. The number of carbonyl (C=O) groups is 2. The Morgan fingerprint density at radius 3 is 2.69 bits per heavy atom. The van der Waals surface area contributed by atoms with Gasteiger partial charge in [0.15, 0.2) is 0 Å². The second-order valence-electron chi connectivity index (χ2n) is 9.39. The van der Waals surface area contributed by atoms with Crippen molar-refractivity contribution in [2.24, 2.45) is 11.8 Å². The van der Waals surface area contributed by atoms with Crippen LogP contribution in [0.15, 0.2) is 54.6 Å². The van der Waals surface area contributed by atoms with E-state index in [9.17, 15) is 19.8 Å². The lowest BCUT2D eigenvalue weighted by molar-refractivity contribution is -0.150. The number of rotatable bonds is 16. The monoisotopic (exact) mass is 563 g/mol. The van der Waals surface area contributed by atoms with E-state index in [-0.39, 0.29) is 23.7 Å². The smallest absolute Gasteiger partial charge is 0.306 e. The highest BCUT2D eigenvalue weighted by Gasteiger charge is 2.42. The molecule has 1 aromatic rings. The van der Waals surface area contributed by atoms with E-state index in [1.807, 2.05) is 49.4 Å². The van der Waals surface area contributed by atoms with E-state index < -0.39 is 18.3 Å². The molecule has 3 N–H and O–H groups in total. The van der Waals surface area contributed by atoms with Gasteiger partial charge in [-0.2, -0.15) is 0 Å². The van der Waals surface area contributed by atoms with E-state index in [4.69, 9.17) is 4.74 Å². The first kappa shape index (κ1) is 30.3. The van der Waals surface area contributed by atoms with E-state index >= 15 is 0 Å². The topological polar surface area (TPSA) is 95.9 Å². The fourth-order valence-electron chi connectivity index (χ4n) is 4.60. The Morgan fingerprint density at radius 1 is 1.19 bits per heavy atom. The maximum absolute atomic E-state index is 12.3. The zero-order valence-electron chi connectivity index (χ0n) is 21.4. The number of benzene rings is 1. The molecule has 1 saturated carbocycles. The van der Waals surface area contributed by atoms with Crippen LogP contribution in [-0.4, -0.2) is 52.3 Å². The summed E-state index contributed by atoms with van der Waals surface area (Å²) in [7, 11) is 0. The van der Waals surface area contributed by atoms with Gasteiger partial charge in [-0.1, -0.05) is 70.6 Å². The van der Waals surface area contributed by atoms with Crippen LogP contribution < -0.4 is 5.32 Å². The third kappa shape index (κ3) is 11.4. The molecule has 0 bridgehead atoms. The molecule has 5 atom stereocenters. The zero-order chi connectivity index (χ0) is 26.2. The van der Waals surface area contributed by atoms with Gasteiger partial charge >= 0.3 is 5.97 Å². The minimum Gasteiger partial charge on any atom is -0.462 e. The number of hydrogen-bond donors (Lipinski definition) is 3. The van der Waals surface area contributed by atoms with E-state index in [0.29, 0.717) is 45.1 Å². The van der Waals surface area contributed by atoms with Crippen LogP contribution in [0.2, 0.25) is 0 Å². The minimum absolute atomic E-state index is 0.0673. The summed E-state index contributed by atoms with van der Waals surface area (Å²) in [5.74, 6) is -0.454. The van der Waals surface area contributed by atoms with Crippen LogP contribution in [0, 0.1) is 11.8 Å². The number of carbonyl (C=O) groups excluding carboxylic acids is 2. The molecule has 200 valence electrons. The van der Waals surface area contributed by atoms with E-state index in [0.717, 1.165) is 24.6 Å². The van der Waals surface area contributed by atoms with Gasteiger partial charge in [0.25, 0.3) is 0 Å². The minimum atomic E-state index is -0.613. The van der Waals surface area contributed by atoms with Crippen LogP contribution in [0.5, 0.6) is 0 Å². The number of unbranched alkanes of at least 4 members (excludes halogenated alkanes) is 1. The fraction of sp³-hybridized carbons (Fsp3) is 0.586. The van der Waals surface area contributed by atoms with Gasteiger partial charge in [0, 0.05) is 37.1 Å². The summed E-state index contributed by atoms with van der Waals surface area (Å²) >= 11 is 3.34. The van der Waals surface area contributed by atoms with Gasteiger partial charge < -0.3 is 20.3 Å². The molecule has 0 heterocycles. The summed E-state index contributed by atoms with van der Waals surface area (Å²) in [6.45, 7) is 2.55. The lowest BCUT2D eigenvalue weighted by Gasteiger charge is -2.22. The standard InChI is InChI=1S/C29H42BrNO5/c1-2-31-28(34)14-9-4-3-8-13-24-25(27(21-26(24)33)36-29(35)15-10-20-30)19-18-23(32)17-16-22-11-6-5-7-12-22/h3,5-8,11-12,18-19,23-27,32-33H,2,4,9-10,13-17,20-21H2,1H3,(H,31,34)/t23-,24+,25+,26-,27+/m0/s1. The molecule has 36 heavy (non-hydrogen) atoms. The van der Waals surface area contributed by atoms with Crippen molar-refractivity contribution in [2.45, 2.75) is 83.0 Å². The van der Waals surface area contributed by atoms with Crippen LogP contribution in [0.25, 0.3) is 0 Å². The molecule has 0 aliphatic heterocycles. The van der Waals surface area contributed by atoms with Crippen molar-refractivity contribution in [3.05, 3.63) is 60.2 Å².